The van der Waals surface area contributed by atoms with Gasteiger partial charge in [0.15, 0.2) is 11.6 Å². The lowest BCUT2D eigenvalue weighted by molar-refractivity contribution is 0.122. The summed E-state index contributed by atoms with van der Waals surface area (Å²) in [7, 11) is 1.63. The molecule has 1 fully saturated rings. The molecule has 0 spiro atoms. The van der Waals surface area contributed by atoms with Gasteiger partial charge < -0.3 is 25.4 Å². The summed E-state index contributed by atoms with van der Waals surface area (Å²) in [4.78, 5) is 6.55. The largest absolute Gasteiger partial charge is 0.496 e. The van der Waals surface area contributed by atoms with Crippen LogP contribution in [-0.4, -0.2) is 39.4 Å². The molecule has 0 amide bonds. The van der Waals surface area contributed by atoms with Crippen molar-refractivity contribution < 1.29 is 9.47 Å². The molecule has 0 saturated carbocycles. The van der Waals surface area contributed by atoms with Crippen LogP contribution >= 0.6 is 0 Å². The number of rotatable bonds is 3. The van der Waals surface area contributed by atoms with E-state index in [1.54, 1.807) is 19.4 Å². The van der Waals surface area contributed by atoms with Gasteiger partial charge in [0.2, 0.25) is 0 Å². The third kappa shape index (κ3) is 2.72. The first-order chi connectivity index (χ1) is 10.6. The second-order valence-corrected chi connectivity index (χ2v) is 5.28. The Morgan fingerprint density at radius 2 is 2.14 bits per heavy atom. The Balaban J connectivity index is 1.95. The van der Waals surface area contributed by atoms with Gasteiger partial charge in [0.05, 0.1) is 20.3 Å². The summed E-state index contributed by atoms with van der Waals surface area (Å²) >= 11 is 0. The highest BCUT2D eigenvalue weighted by Crippen LogP contribution is 2.34. The number of hydrogen-bond acceptors (Lipinski definition) is 7. The first-order valence-electron chi connectivity index (χ1n) is 7.22. The van der Waals surface area contributed by atoms with Crippen molar-refractivity contribution in [2.45, 2.75) is 5.66 Å². The Kier molecular flexibility index (Phi) is 3.91. The quantitative estimate of drug-likeness (QED) is 0.731. The maximum atomic E-state index is 6.37. The van der Waals surface area contributed by atoms with Gasteiger partial charge in [-0.25, -0.2) is 4.99 Å². The molecule has 1 saturated heterocycles. The number of anilines is 1. The van der Waals surface area contributed by atoms with Crippen LogP contribution in [0.25, 0.3) is 0 Å². The number of ether oxygens (including phenoxy) is 2. The number of benzene rings is 1. The van der Waals surface area contributed by atoms with Crippen molar-refractivity contribution in [2.75, 3.05) is 38.3 Å². The van der Waals surface area contributed by atoms with Crippen molar-refractivity contribution in [1.29, 1.82) is 0 Å². The summed E-state index contributed by atoms with van der Waals surface area (Å²) in [6, 6.07) is 5.95. The molecule has 2 aliphatic heterocycles. The normalized spacial score (nSPS) is 24.6. The van der Waals surface area contributed by atoms with Gasteiger partial charge in [0.1, 0.15) is 5.75 Å². The van der Waals surface area contributed by atoms with E-state index in [4.69, 9.17) is 20.9 Å². The van der Waals surface area contributed by atoms with Crippen LogP contribution in [0, 0.1) is 0 Å². The fraction of sp³-hybridized carbons (Fsp3) is 0.400. The summed E-state index contributed by atoms with van der Waals surface area (Å²) in [5, 5.41) is 2.81. The van der Waals surface area contributed by atoms with Crippen LogP contribution in [0.15, 0.2) is 35.5 Å². The van der Waals surface area contributed by atoms with Gasteiger partial charge in [-0.15, -0.1) is 0 Å². The Hall–Kier alpha value is -2.25. The van der Waals surface area contributed by atoms with E-state index in [1.165, 1.54) is 0 Å². The topological polar surface area (TPSA) is 98.1 Å². The van der Waals surface area contributed by atoms with E-state index < -0.39 is 5.66 Å². The molecule has 5 N–H and O–H groups in total. The van der Waals surface area contributed by atoms with Crippen LogP contribution in [0.3, 0.4) is 0 Å². The second kappa shape index (κ2) is 5.86. The van der Waals surface area contributed by atoms with Crippen molar-refractivity contribution in [1.82, 2.24) is 5.32 Å². The van der Waals surface area contributed by atoms with E-state index in [9.17, 15) is 0 Å². The molecule has 0 aromatic heterocycles. The van der Waals surface area contributed by atoms with Gasteiger partial charge in [-0.3, -0.25) is 5.73 Å². The Morgan fingerprint density at radius 1 is 1.36 bits per heavy atom. The lowest BCUT2D eigenvalue weighted by Gasteiger charge is -2.31. The molecule has 2 aliphatic rings. The monoisotopic (exact) mass is 303 g/mol. The fourth-order valence-corrected chi connectivity index (χ4v) is 2.70. The van der Waals surface area contributed by atoms with E-state index in [0.717, 1.165) is 37.6 Å². The predicted molar refractivity (Wildman–Crippen MR) is 85.8 cm³/mol. The molecule has 1 unspecified atom stereocenters. The number of nitrogens with two attached hydrogens (primary N) is 2. The van der Waals surface area contributed by atoms with Gasteiger partial charge >= 0.3 is 0 Å². The maximum Gasteiger partial charge on any atom is 0.195 e. The number of methoxy groups -OCH3 is 1. The van der Waals surface area contributed by atoms with Gasteiger partial charge in [-0.2, -0.15) is 0 Å². The Labute approximate surface area is 129 Å². The van der Waals surface area contributed by atoms with Crippen LogP contribution in [-0.2, 0) is 10.4 Å². The Morgan fingerprint density at radius 3 is 2.82 bits per heavy atom. The van der Waals surface area contributed by atoms with E-state index in [0.29, 0.717) is 5.75 Å². The molecule has 7 heteroatoms. The lowest BCUT2D eigenvalue weighted by atomic mass is 9.98. The molecule has 0 bridgehead atoms. The van der Waals surface area contributed by atoms with Crippen molar-refractivity contribution in [3.63, 3.8) is 0 Å². The van der Waals surface area contributed by atoms with E-state index in [2.05, 4.69) is 15.2 Å². The van der Waals surface area contributed by atoms with E-state index in [1.807, 2.05) is 18.2 Å². The van der Waals surface area contributed by atoms with Crippen molar-refractivity contribution in [3.8, 4) is 5.75 Å². The number of hydrogen-bond donors (Lipinski definition) is 3. The average molecular weight is 303 g/mol. The van der Waals surface area contributed by atoms with Crippen LogP contribution in [0.5, 0.6) is 5.75 Å². The number of aliphatic imine (C=N–C) groups is 1. The van der Waals surface area contributed by atoms with Gasteiger partial charge in [0, 0.05) is 36.6 Å². The minimum Gasteiger partial charge on any atom is -0.496 e. The van der Waals surface area contributed by atoms with Gasteiger partial charge in [-0.05, 0) is 18.2 Å². The smallest absolute Gasteiger partial charge is 0.195 e. The predicted octanol–water partition coefficient (Wildman–Crippen LogP) is 0.0749. The highest BCUT2D eigenvalue weighted by molar-refractivity contribution is 5.80. The highest BCUT2D eigenvalue weighted by Gasteiger charge is 2.30. The molecular weight excluding hydrogens is 282 g/mol. The van der Waals surface area contributed by atoms with Gasteiger partial charge in [-0.1, -0.05) is 0 Å². The molecule has 22 heavy (non-hydrogen) atoms. The lowest BCUT2D eigenvalue weighted by Crippen LogP contribution is -2.42. The third-order valence-electron chi connectivity index (χ3n) is 3.87. The number of morpholine rings is 1. The van der Waals surface area contributed by atoms with E-state index in [-0.39, 0.29) is 5.96 Å². The van der Waals surface area contributed by atoms with Crippen molar-refractivity contribution in [3.05, 3.63) is 36.0 Å². The number of nitrogens with one attached hydrogen (secondary N) is 1. The highest BCUT2D eigenvalue weighted by atomic mass is 16.5. The maximum absolute atomic E-state index is 6.37. The first-order valence-corrected chi connectivity index (χ1v) is 7.22. The number of guanidine groups is 1. The summed E-state index contributed by atoms with van der Waals surface area (Å²) in [5.74, 6) is 0.971. The van der Waals surface area contributed by atoms with Gasteiger partial charge in [0.25, 0.3) is 0 Å². The van der Waals surface area contributed by atoms with Crippen LogP contribution < -0.4 is 26.4 Å². The summed E-state index contributed by atoms with van der Waals surface area (Å²) in [5.41, 5.74) is 12.9. The van der Waals surface area contributed by atoms with Crippen LogP contribution in [0.4, 0.5) is 5.69 Å². The fourth-order valence-electron chi connectivity index (χ4n) is 2.70. The molecule has 1 atom stereocenters. The van der Waals surface area contributed by atoms with Crippen molar-refractivity contribution >= 4 is 11.6 Å². The Bertz CT molecular complexity index is 610. The van der Waals surface area contributed by atoms with E-state index >= 15 is 0 Å². The molecule has 7 nitrogen and oxygen atoms in total. The molecule has 3 rings (SSSR count). The zero-order chi connectivity index (χ0) is 15.6. The minimum absolute atomic E-state index is 0.282. The summed E-state index contributed by atoms with van der Waals surface area (Å²) < 4.78 is 10.9. The second-order valence-electron chi connectivity index (χ2n) is 5.28. The molecule has 0 radical (unpaired) electrons. The molecule has 0 aliphatic carbocycles. The SMILES string of the molecule is COc1cc(N2CCOCC2)ccc1C1(N)C=CNC(N)=N1. The standard InChI is InChI=1S/C15H21N5O2/c1-21-13-10-11(20-6-8-22-9-7-20)2-3-12(13)15(17)4-5-18-14(16)19-15/h2-5,10H,6-9,17H2,1H3,(H3,16,18,19). The third-order valence-corrected chi connectivity index (χ3v) is 3.87. The number of nitrogens with zero attached hydrogens (tertiary/aromatic N) is 2. The van der Waals surface area contributed by atoms with Crippen LogP contribution in [0.1, 0.15) is 5.56 Å². The zero-order valence-corrected chi connectivity index (χ0v) is 12.6. The van der Waals surface area contributed by atoms with Crippen molar-refractivity contribution in [2.24, 2.45) is 16.5 Å². The molecular formula is C15H21N5O2. The summed E-state index contributed by atoms with van der Waals surface area (Å²) in [6.07, 6.45) is 3.45. The molecule has 1 aromatic carbocycles. The molecule has 118 valence electrons. The minimum atomic E-state index is -1.02. The summed E-state index contributed by atoms with van der Waals surface area (Å²) in [6.45, 7) is 3.20. The molecule has 1 aromatic rings. The zero-order valence-electron chi connectivity index (χ0n) is 12.6. The first kappa shape index (κ1) is 14.7. The molecule has 2 heterocycles. The average Bonchev–Trinajstić information content (AvgIpc) is 2.55. The van der Waals surface area contributed by atoms with Crippen LogP contribution in [0.2, 0.25) is 0 Å².